The zero-order chi connectivity index (χ0) is 10.7. The van der Waals surface area contributed by atoms with Gasteiger partial charge in [0.2, 0.25) is 5.91 Å². The highest BCUT2D eigenvalue weighted by atomic mass is 16.1. The molecule has 0 aliphatic carbocycles. The number of nitrogens with one attached hydrogen (secondary N) is 2. The second-order valence-electron chi connectivity index (χ2n) is 4.84. The molecule has 15 heavy (non-hydrogen) atoms. The SMILES string of the molecule is CC1CN(CC2CCNC2)CCC(=O)N1. The molecule has 0 aromatic carbocycles. The first-order valence-corrected chi connectivity index (χ1v) is 5.96. The summed E-state index contributed by atoms with van der Waals surface area (Å²) in [7, 11) is 0. The van der Waals surface area contributed by atoms with Gasteiger partial charge in [0, 0.05) is 32.1 Å². The highest BCUT2D eigenvalue weighted by Gasteiger charge is 2.22. The fraction of sp³-hybridized carbons (Fsp3) is 0.909. The van der Waals surface area contributed by atoms with Crippen LogP contribution in [0.15, 0.2) is 0 Å². The van der Waals surface area contributed by atoms with Gasteiger partial charge in [-0.2, -0.15) is 0 Å². The average Bonchev–Trinajstić information content (AvgIpc) is 2.61. The summed E-state index contributed by atoms with van der Waals surface area (Å²) in [6.07, 6.45) is 1.94. The molecule has 0 radical (unpaired) electrons. The third-order valence-electron chi connectivity index (χ3n) is 3.27. The predicted octanol–water partition coefficient (Wildman–Crippen LogP) is -0.194. The fourth-order valence-corrected chi connectivity index (χ4v) is 2.53. The molecule has 1 amide bonds. The Kier molecular flexibility index (Phi) is 3.59. The topological polar surface area (TPSA) is 44.4 Å². The lowest BCUT2D eigenvalue weighted by molar-refractivity contribution is -0.121. The van der Waals surface area contributed by atoms with Crippen molar-refractivity contribution < 1.29 is 4.79 Å². The van der Waals surface area contributed by atoms with Gasteiger partial charge in [0.1, 0.15) is 0 Å². The molecule has 2 fully saturated rings. The molecule has 4 heteroatoms. The van der Waals surface area contributed by atoms with Gasteiger partial charge >= 0.3 is 0 Å². The maximum Gasteiger partial charge on any atom is 0.221 e. The van der Waals surface area contributed by atoms with Crippen LogP contribution in [0.5, 0.6) is 0 Å². The summed E-state index contributed by atoms with van der Waals surface area (Å²) in [5, 5.41) is 6.39. The molecule has 2 rings (SSSR count). The largest absolute Gasteiger partial charge is 0.352 e. The van der Waals surface area contributed by atoms with Crippen LogP contribution in [0.25, 0.3) is 0 Å². The molecule has 0 saturated carbocycles. The highest BCUT2D eigenvalue weighted by Crippen LogP contribution is 2.11. The normalized spacial score (nSPS) is 33.8. The lowest BCUT2D eigenvalue weighted by atomic mass is 10.1. The second-order valence-corrected chi connectivity index (χ2v) is 4.84. The number of hydrogen-bond donors (Lipinski definition) is 2. The van der Waals surface area contributed by atoms with E-state index in [0.717, 1.165) is 38.6 Å². The minimum Gasteiger partial charge on any atom is -0.352 e. The Morgan fingerprint density at radius 3 is 3.13 bits per heavy atom. The van der Waals surface area contributed by atoms with Gasteiger partial charge in [-0.25, -0.2) is 0 Å². The van der Waals surface area contributed by atoms with E-state index in [-0.39, 0.29) is 5.91 Å². The van der Waals surface area contributed by atoms with E-state index in [1.54, 1.807) is 0 Å². The van der Waals surface area contributed by atoms with E-state index >= 15 is 0 Å². The van der Waals surface area contributed by atoms with Crippen molar-refractivity contribution in [2.45, 2.75) is 25.8 Å². The van der Waals surface area contributed by atoms with Crippen molar-refractivity contribution in [1.29, 1.82) is 0 Å². The van der Waals surface area contributed by atoms with Crippen molar-refractivity contribution in [2.24, 2.45) is 5.92 Å². The van der Waals surface area contributed by atoms with Gasteiger partial charge in [-0.1, -0.05) is 0 Å². The summed E-state index contributed by atoms with van der Waals surface area (Å²) in [6, 6.07) is 0.300. The van der Waals surface area contributed by atoms with Crippen molar-refractivity contribution in [3.8, 4) is 0 Å². The lowest BCUT2D eigenvalue weighted by Gasteiger charge is -2.24. The van der Waals surface area contributed by atoms with Crippen LogP contribution in [-0.4, -0.2) is 49.6 Å². The van der Waals surface area contributed by atoms with Crippen LogP contribution < -0.4 is 10.6 Å². The van der Waals surface area contributed by atoms with E-state index in [1.807, 2.05) is 0 Å². The Balaban J connectivity index is 1.82. The Bertz CT molecular complexity index is 226. The Morgan fingerprint density at radius 1 is 1.53 bits per heavy atom. The van der Waals surface area contributed by atoms with E-state index in [0.29, 0.717) is 12.5 Å². The molecule has 2 saturated heterocycles. The van der Waals surface area contributed by atoms with Crippen molar-refractivity contribution in [3.05, 3.63) is 0 Å². The number of nitrogens with zero attached hydrogens (tertiary/aromatic N) is 1. The molecular formula is C11H21N3O. The summed E-state index contributed by atoms with van der Waals surface area (Å²) in [4.78, 5) is 13.8. The molecule has 2 unspecified atom stereocenters. The first-order chi connectivity index (χ1) is 7.24. The lowest BCUT2D eigenvalue weighted by Crippen LogP contribution is -2.39. The molecule has 2 N–H and O–H groups in total. The summed E-state index contributed by atoms with van der Waals surface area (Å²) in [5.74, 6) is 0.986. The molecule has 0 bridgehead atoms. The van der Waals surface area contributed by atoms with Crippen molar-refractivity contribution in [2.75, 3.05) is 32.7 Å². The number of rotatable bonds is 2. The smallest absolute Gasteiger partial charge is 0.221 e. The molecule has 2 heterocycles. The van der Waals surface area contributed by atoms with Gasteiger partial charge in [-0.05, 0) is 32.4 Å². The fourth-order valence-electron chi connectivity index (χ4n) is 2.53. The first kappa shape index (κ1) is 10.9. The molecule has 0 spiro atoms. The molecule has 0 aromatic rings. The molecule has 2 aliphatic heterocycles. The van der Waals surface area contributed by atoms with E-state index in [9.17, 15) is 4.79 Å². The van der Waals surface area contributed by atoms with Crippen molar-refractivity contribution >= 4 is 5.91 Å². The molecule has 86 valence electrons. The van der Waals surface area contributed by atoms with Gasteiger partial charge in [-0.15, -0.1) is 0 Å². The molecule has 2 atom stereocenters. The minimum absolute atomic E-state index is 0.203. The van der Waals surface area contributed by atoms with Crippen LogP contribution in [0.1, 0.15) is 19.8 Å². The van der Waals surface area contributed by atoms with Crippen LogP contribution in [0.4, 0.5) is 0 Å². The molecule has 2 aliphatic rings. The van der Waals surface area contributed by atoms with E-state index in [4.69, 9.17) is 0 Å². The van der Waals surface area contributed by atoms with Crippen LogP contribution >= 0.6 is 0 Å². The Labute approximate surface area is 91.4 Å². The average molecular weight is 211 g/mol. The third kappa shape index (κ3) is 3.18. The van der Waals surface area contributed by atoms with Gasteiger partial charge in [0.15, 0.2) is 0 Å². The number of hydrogen-bond acceptors (Lipinski definition) is 3. The predicted molar refractivity (Wildman–Crippen MR) is 59.6 cm³/mol. The van der Waals surface area contributed by atoms with Gasteiger partial charge in [-0.3, -0.25) is 4.79 Å². The van der Waals surface area contributed by atoms with Crippen LogP contribution in [0.3, 0.4) is 0 Å². The summed E-state index contributed by atoms with van der Waals surface area (Å²) >= 11 is 0. The van der Waals surface area contributed by atoms with Gasteiger partial charge in [0.25, 0.3) is 0 Å². The molecule has 4 nitrogen and oxygen atoms in total. The molecular weight excluding hydrogens is 190 g/mol. The van der Waals surface area contributed by atoms with Crippen molar-refractivity contribution in [1.82, 2.24) is 15.5 Å². The van der Waals surface area contributed by atoms with Crippen molar-refractivity contribution in [3.63, 3.8) is 0 Å². The quantitative estimate of drug-likeness (QED) is 0.665. The Hall–Kier alpha value is -0.610. The highest BCUT2D eigenvalue weighted by molar-refractivity contribution is 5.76. The Morgan fingerprint density at radius 2 is 2.40 bits per heavy atom. The van der Waals surface area contributed by atoms with E-state index < -0.39 is 0 Å². The maximum atomic E-state index is 11.3. The van der Waals surface area contributed by atoms with Crippen LogP contribution in [-0.2, 0) is 4.79 Å². The zero-order valence-corrected chi connectivity index (χ0v) is 9.46. The van der Waals surface area contributed by atoms with Crippen LogP contribution in [0, 0.1) is 5.92 Å². The standard InChI is InChI=1S/C11H21N3O/c1-9-7-14(5-3-11(15)13-9)8-10-2-4-12-6-10/h9-10,12H,2-8H2,1H3,(H,13,15). The maximum absolute atomic E-state index is 11.3. The summed E-state index contributed by atoms with van der Waals surface area (Å²) in [5.41, 5.74) is 0. The third-order valence-corrected chi connectivity index (χ3v) is 3.27. The zero-order valence-electron chi connectivity index (χ0n) is 9.46. The minimum atomic E-state index is 0.203. The summed E-state index contributed by atoms with van der Waals surface area (Å²) < 4.78 is 0. The van der Waals surface area contributed by atoms with Gasteiger partial charge < -0.3 is 15.5 Å². The molecule has 0 aromatic heterocycles. The van der Waals surface area contributed by atoms with Gasteiger partial charge in [0.05, 0.1) is 0 Å². The first-order valence-electron chi connectivity index (χ1n) is 5.96. The van der Waals surface area contributed by atoms with Crippen LogP contribution in [0.2, 0.25) is 0 Å². The number of carbonyl (C=O) groups excluding carboxylic acids is 1. The van der Waals surface area contributed by atoms with E-state index in [1.165, 1.54) is 6.42 Å². The summed E-state index contributed by atoms with van der Waals surface area (Å²) in [6.45, 7) is 7.46. The number of amides is 1. The monoisotopic (exact) mass is 211 g/mol. The number of carbonyl (C=O) groups is 1. The van der Waals surface area contributed by atoms with E-state index in [2.05, 4.69) is 22.5 Å². The second kappa shape index (κ2) is 4.94.